The first-order valence-corrected chi connectivity index (χ1v) is 10.6. The lowest BCUT2D eigenvalue weighted by molar-refractivity contribution is 0.0732. The highest BCUT2D eigenvalue weighted by Crippen LogP contribution is 2.25. The lowest BCUT2D eigenvalue weighted by Crippen LogP contribution is -2.10. The molecule has 0 aliphatic carbocycles. The molecule has 3 aromatic rings. The van der Waals surface area contributed by atoms with Crippen LogP contribution < -0.4 is 23.7 Å². The highest BCUT2D eigenvalue weighted by atomic mass is 16.7. The number of rotatable bonds is 14. The molecule has 0 atom stereocenters. The van der Waals surface area contributed by atoms with Crippen molar-refractivity contribution in [3.63, 3.8) is 0 Å². The van der Waals surface area contributed by atoms with Gasteiger partial charge in [-0.25, -0.2) is 4.79 Å². The predicted molar refractivity (Wildman–Crippen MR) is 129 cm³/mol. The maximum absolute atomic E-state index is 12.5. The first-order chi connectivity index (χ1) is 17.1. The van der Waals surface area contributed by atoms with Gasteiger partial charge in [0.25, 0.3) is 0 Å². The third kappa shape index (κ3) is 8.04. The Balaban J connectivity index is 1.47. The van der Waals surface area contributed by atoms with Gasteiger partial charge in [-0.2, -0.15) is 0 Å². The standard InChI is InChI=1S/C27H26O8/c1-4-29-17-31-22-8-6-21(7-9-22)27(28)35-26-15-14-25(16-20(26)3)34-19-33-24-12-10-23(11-13-24)32-18-30-5-2/h4-16H,1-2,17-19H2,3H3. The lowest BCUT2D eigenvalue weighted by Gasteiger charge is -2.12. The molecule has 3 aromatic carbocycles. The van der Waals surface area contributed by atoms with E-state index in [1.54, 1.807) is 66.7 Å². The zero-order valence-corrected chi connectivity index (χ0v) is 19.3. The Labute approximate surface area is 203 Å². The van der Waals surface area contributed by atoms with Crippen LogP contribution in [0.4, 0.5) is 0 Å². The molecule has 0 saturated carbocycles. The van der Waals surface area contributed by atoms with E-state index < -0.39 is 5.97 Å². The summed E-state index contributed by atoms with van der Waals surface area (Å²) in [6.45, 7) is 8.83. The third-order valence-corrected chi connectivity index (χ3v) is 4.54. The first kappa shape index (κ1) is 25.0. The topological polar surface area (TPSA) is 81.7 Å². The molecular formula is C27H26O8. The molecule has 182 valence electrons. The van der Waals surface area contributed by atoms with Crippen molar-refractivity contribution in [2.75, 3.05) is 20.4 Å². The highest BCUT2D eigenvalue weighted by molar-refractivity contribution is 5.91. The quantitative estimate of drug-likeness (QED) is 0.0971. The third-order valence-electron chi connectivity index (χ3n) is 4.54. The number of carbonyl (C=O) groups is 1. The lowest BCUT2D eigenvalue weighted by atomic mass is 10.2. The SMILES string of the molecule is C=COCOc1ccc(OCOc2ccc(OC(=O)c3ccc(OCOC=C)cc3)c(C)c2)cc1. The van der Waals surface area contributed by atoms with E-state index in [-0.39, 0.29) is 20.4 Å². The van der Waals surface area contributed by atoms with Gasteiger partial charge >= 0.3 is 5.97 Å². The minimum Gasteiger partial charge on any atom is -0.466 e. The molecule has 0 heterocycles. The zero-order valence-electron chi connectivity index (χ0n) is 19.3. The van der Waals surface area contributed by atoms with Gasteiger partial charge in [-0.1, -0.05) is 13.2 Å². The van der Waals surface area contributed by atoms with Crippen LogP contribution in [0.15, 0.2) is 92.4 Å². The van der Waals surface area contributed by atoms with Gasteiger partial charge in [-0.05, 0) is 79.2 Å². The number of benzene rings is 3. The second-order valence-corrected chi connectivity index (χ2v) is 6.91. The number of esters is 1. The van der Waals surface area contributed by atoms with E-state index in [0.717, 1.165) is 5.56 Å². The van der Waals surface area contributed by atoms with Crippen LogP contribution in [0.25, 0.3) is 0 Å². The Morgan fingerprint density at radius 2 is 1.14 bits per heavy atom. The Hall–Kier alpha value is -4.59. The fourth-order valence-corrected chi connectivity index (χ4v) is 2.77. The van der Waals surface area contributed by atoms with Crippen molar-refractivity contribution in [3.05, 3.63) is 104 Å². The first-order valence-electron chi connectivity index (χ1n) is 10.6. The fraction of sp³-hybridized carbons (Fsp3) is 0.148. The maximum Gasteiger partial charge on any atom is 0.343 e. The number of carbonyl (C=O) groups excluding carboxylic acids is 1. The van der Waals surface area contributed by atoms with Crippen molar-refractivity contribution in [1.29, 1.82) is 0 Å². The summed E-state index contributed by atoms with van der Waals surface area (Å²) in [5, 5.41) is 0. The molecule has 0 N–H and O–H groups in total. The van der Waals surface area contributed by atoms with Crippen molar-refractivity contribution in [1.82, 2.24) is 0 Å². The Bertz CT molecular complexity index is 1110. The summed E-state index contributed by atoms with van der Waals surface area (Å²) in [7, 11) is 0. The van der Waals surface area contributed by atoms with E-state index >= 15 is 0 Å². The molecule has 0 aromatic heterocycles. The van der Waals surface area contributed by atoms with Crippen LogP contribution >= 0.6 is 0 Å². The number of hydrogen-bond acceptors (Lipinski definition) is 8. The van der Waals surface area contributed by atoms with Crippen LogP contribution in [-0.4, -0.2) is 26.3 Å². The zero-order chi connectivity index (χ0) is 24.9. The molecule has 0 aliphatic rings. The Morgan fingerprint density at radius 1 is 0.686 bits per heavy atom. The van der Waals surface area contributed by atoms with Crippen molar-refractivity contribution in [3.8, 4) is 28.7 Å². The van der Waals surface area contributed by atoms with Crippen molar-refractivity contribution < 1.29 is 38.0 Å². The van der Waals surface area contributed by atoms with Crippen LogP contribution in [0.1, 0.15) is 15.9 Å². The van der Waals surface area contributed by atoms with Crippen LogP contribution in [0.3, 0.4) is 0 Å². The summed E-state index contributed by atoms with van der Waals surface area (Å²) in [6.07, 6.45) is 2.60. The number of ether oxygens (including phenoxy) is 7. The van der Waals surface area contributed by atoms with E-state index in [9.17, 15) is 4.79 Å². The summed E-state index contributed by atoms with van der Waals surface area (Å²) in [4.78, 5) is 12.5. The van der Waals surface area contributed by atoms with Crippen molar-refractivity contribution in [2.45, 2.75) is 6.92 Å². The molecule has 0 unspecified atom stereocenters. The van der Waals surface area contributed by atoms with Crippen LogP contribution in [0.5, 0.6) is 28.7 Å². The van der Waals surface area contributed by atoms with Gasteiger partial charge < -0.3 is 33.2 Å². The van der Waals surface area contributed by atoms with Gasteiger partial charge in [0.1, 0.15) is 28.7 Å². The van der Waals surface area contributed by atoms with E-state index in [1.807, 2.05) is 6.92 Å². The van der Waals surface area contributed by atoms with E-state index in [2.05, 4.69) is 13.2 Å². The molecule has 8 heteroatoms. The predicted octanol–water partition coefficient (Wildman–Crippen LogP) is 5.62. The molecule has 0 amide bonds. The van der Waals surface area contributed by atoms with Crippen molar-refractivity contribution in [2.24, 2.45) is 0 Å². The molecule has 0 aliphatic heterocycles. The minimum atomic E-state index is -0.484. The molecule has 0 saturated heterocycles. The van der Waals surface area contributed by atoms with Gasteiger partial charge in [0.15, 0.2) is 0 Å². The summed E-state index contributed by atoms with van der Waals surface area (Å²) in [6, 6.07) is 18.7. The molecular weight excluding hydrogens is 452 g/mol. The number of hydrogen-bond donors (Lipinski definition) is 0. The Morgan fingerprint density at radius 3 is 1.66 bits per heavy atom. The van der Waals surface area contributed by atoms with Gasteiger partial charge in [0.2, 0.25) is 20.4 Å². The van der Waals surface area contributed by atoms with Crippen LogP contribution in [-0.2, 0) is 9.47 Å². The maximum atomic E-state index is 12.5. The van der Waals surface area contributed by atoms with Gasteiger partial charge in [0.05, 0.1) is 18.1 Å². The summed E-state index contributed by atoms with van der Waals surface area (Å²) in [5.41, 5.74) is 1.13. The second-order valence-electron chi connectivity index (χ2n) is 6.91. The molecule has 0 radical (unpaired) electrons. The second kappa shape index (κ2) is 13.2. The fourth-order valence-electron chi connectivity index (χ4n) is 2.77. The van der Waals surface area contributed by atoms with E-state index in [1.165, 1.54) is 12.5 Å². The minimum absolute atomic E-state index is 0.00458. The van der Waals surface area contributed by atoms with Crippen LogP contribution in [0, 0.1) is 6.92 Å². The summed E-state index contributed by atoms with van der Waals surface area (Å²) < 4.78 is 37.2. The smallest absolute Gasteiger partial charge is 0.343 e. The van der Waals surface area contributed by atoms with E-state index in [4.69, 9.17) is 33.2 Å². The summed E-state index contributed by atoms with van der Waals surface area (Å²) >= 11 is 0. The highest BCUT2D eigenvalue weighted by Gasteiger charge is 2.11. The average Bonchev–Trinajstić information content (AvgIpc) is 2.87. The van der Waals surface area contributed by atoms with Gasteiger partial charge in [-0.15, -0.1) is 0 Å². The molecule has 0 fully saturated rings. The normalized spacial score (nSPS) is 9.97. The molecule has 3 rings (SSSR count). The monoisotopic (exact) mass is 478 g/mol. The van der Waals surface area contributed by atoms with E-state index in [0.29, 0.717) is 34.3 Å². The largest absolute Gasteiger partial charge is 0.466 e. The van der Waals surface area contributed by atoms with Gasteiger partial charge in [-0.3, -0.25) is 0 Å². The average molecular weight is 478 g/mol. The molecule has 35 heavy (non-hydrogen) atoms. The van der Waals surface area contributed by atoms with Crippen LogP contribution in [0.2, 0.25) is 0 Å². The summed E-state index contributed by atoms with van der Waals surface area (Å²) in [5.74, 6) is 2.34. The number of aryl methyl sites for hydroxylation is 1. The molecule has 0 bridgehead atoms. The van der Waals surface area contributed by atoms with Crippen molar-refractivity contribution >= 4 is 5.97 Å². The molecule has 8 nitrogen and oxygen atoms in total. The molecule has 0 spiro atoms. The van der Waals surface area contributed by atoms with Gasteiger partial charge in [0, 0.05) is 0 Å². The Kier molecular flexibility index (Phi) is 9.44.